The second-order valence-electron chi connectivity index (χ2n) is 7.20. The number of aliphatic hydroxyl groups excluding tert-OH is 1. The van der Waals surface area contributed by atoms with Gasteiger partial charge in [0.25, 0.3) is 0 Å². The van der Waals surface area contributed by atoms with Gasteiger partial charge in [-0.15, -0.1) is 0 Å². The molecule has 0 radical (unpaired) electrons. The van der Waals surface area contributed by atoms with Gasteiger partial charge in [0.1, 0.15) is 41.6 Å². The predicted octanol–water partition coefficient (Wildman–Crippen LogP) is 2.93. The lowest BCUT2D eigenvalue weighted by atomic mass is 9.94. The van der Waals surface area contributed by atoms with Crippen molar-refractivity contribution in [2.24, 2.45) is 0 Å². The van der Waals surface area contributed by atoms with E-state index in [0.29, 0.717) is 23.6 Å². The molecule has 2 rings (SSSR count). The zero-order valence-corrected chi connectivity index (χ0v) is 16.9. The van der Waals surface area contributed by atoms with Crippen LogP contribution in [-0.4, -0.2) is 44.1 Å². The number of hydrogen-bond donors (Lipinski definition) is 2. The monoisotopic (exact) mass is 384 g/mol. The van der Waals surface area contributed by atoms with E-state index < -0.39 is 6.10 Å². The third-order valence-electron chi connectivity index (χ3n) is 4.37. The van der Waals surface area contributed by atoms with Gasteiger partial charge in [-0.1, -0.05) is 18.2 Å². The molecule has 2 aromatic rings. The molecule has 2 aromatic carbocycles. The molecule has 0 fully saturated rings. The molecule has 0 aliphatic heterocycles. The van der Waals surface area contributed by atoms with Crippen molar-refractivity contribution >= 4 is 0 Å². The molecule has 1 atom stereocenters. The number of nitriles is 1. The van der Waals surface area contributed by atoms with Gasteiger partial charge in [0.2, 0.25) is 0 Å². The molecule has 2 N–H and O–H groups in total. The van der Waals surface area contributed by atoms with Crippen molar-refractivity contribution in [3.05, 3.63) is 53.6 Å². The Bertz CT molecular complexity index is 797. The van der Waals surface area contributed by atoms with E-state index in [-0.39, 0.29) is 12.1 Å². The van der Waals surface area contributed by atoms with Crippen LogP contribution in [0.2, 0.25) is 0 Å². The maximum atomic E-state index is 10.3. The summed E-state index contributed by atoms with van der Waals surface area (Å²) in [7, 11) is 3.15. The van der Waals surface area contributed by atoms with Crippen molar-refractivity contribution in [2.45, 2.75) is 31.9 Å². The molecule has 0 heterocycles. The molecule has 28 heavy (non-hydrogen) atoms. The Morgan fingerprint density at radius 3 is 2.36 bits per heavy atom. The number of rotatable bonds is 10. The van der Waals surface area contributed by atoms with E-state index in [1.165, 1.54) is 12.7 Å². The van der Waals surface area contributed by atoms with E-state index in [9.17, 15) is 10.4 Å². The van der Waals surface area contributed by atoms with Gasteiger partial charge in [-0.2, -0.15) is 5.26 Å². The van der Waals surface area contributed by atoms with Crippen LogP contribution < -0.4 is 19.5 Å². The van der Waals surface area contributed by atoms with Crippen molar-refractivity contribution in [2.75, 3.05) is 27.4 Å². The molecule has 150 valence electrons. The van der Waals surface area contributed by atoms with E-state index >= 15 is 0 Å². The smallest absolute Gasteiger partial charge is 0.141 e. The molecule has 0 aliphatic carbocycles. The molecule has 6 heteroatoms. The van der Waals surface area contributed by atoms with Crippen LogP contribution in [0.3, 0.4) is 0 Å². The first-order valence-corrected chi connectivity index (χ1v) is 9.14. The minimum Gasteiger partial charge on any atom is -0.497 e. The number of nitrogens with one attached hydrogen (secondary N) is 1. The third-order valence-corrected chi connectivity index (χ3v) is 4.37. The standard InChI is InChI=1S/C22H28N2O4/c1-22(2,12-16-8-10-18(26-3)11-9-16)24-14-17(25)15-28-21-7-5-6-20(27-4)19(21)13-23/h5-11,17,24-25H,12,14-15H2,1-4H3. The summed E-state index contributed by atoms with van der Waals surface area (Å²) >= 11 is 0. The third kappa shape index (κ3) is 6.15. The van der Waals surface area contributed by atoms with Gasteiger partial charge in [-0.05, 0) is 50.1 Å². The summed E-state index contributed by atoms with van der Waals surface area (Å²) in [4.78, 5) is 0. The van der Waals surface area contributed by atoms with Crippen LogP contribution in [0.15, 0.2) is 42.5 Å². The lowest BCUT2D eigenvalue weighted by molar-refractivity contribution is 0.0985. The van der Waals surface area contributed by atoms with Crippen LogP contribution in [0.4, 0.5) is 0 Å². The highest BCUT2D eigenvalue weighted by Gasteiger charge is 2.20. The molecule has 0 bridgehead atoms. The van der Waals surface area contributed by atoms with E-state index in [4.69, 9.17) is 14.2 Å². The van der Waals surface area contributed by atoms with Crippen LogP contribution in [0, 0.1) is 11.3 Å². The fourth-order valence-electron chi connectivity index (χ4n) is 2.87. The molecular weight excluding hydrogens is 356 g/mol. The SMILES string of the molecule is COc1ccc(CC(C)(C)NCC(O)COc2cccc(OC)c2C#N)cc1. The fraction of sp³-hybridized carbons (Fsp3) is 0.409. The Morgan fingerprint density at radius 2 is 1.75 bits per heavy atom. The van der Waals surface area contributed by atoms with Gasteiger partial charge in [0.15, 0.2) is 0 Å². The van der Waals surface area contributed by atoms with Gasteiger partial charge in [0.05, 0.1) is 14.2 Å². The summed E-state index contributed by atoms with van der Waals surface area (Å²) in [5.41, 5.74) is 1.30. The highest BCUT2D eigenvalue weighted by Crippen LogP contribution is 2.27. The van der Waals surface area contributed by atoms with Crippen molar-refractivity contribution < 1.29 is 19.3 Å². The molecule has 0 spiro atoms. The van der Waals surface area contributed by atoms with Gasteiger partial charge < -0.3 is 24.6 Å². The van der Waals surface area contributed by atoms with E-state index in [0.717, 1.165) is 12.2 Å². The summed E-state index contributed by atoms with van der Waals surface area (Å²) in [6, 6.07) is 15.2. The maximum absolute atomic E-state index is 10.3. The van der Waals surface area contributed by atoms with Gasteiger partial charge in [-0.3, -0.25) is 0 Å². The minimum atomic E-state index is -0.715. The quantitative estimate of drug-likeness (QED) is 0.655. The van der Waals surface area contributed by atoms with Crippen LogP contribution in [-0.2, 0) is 6.42 Å². The van der Waals surface area contributed by atoms with Gasteiger partial charge in [-0.25, -0.2) is 0 Å². The summed E-state index contributed by atoms with van der Waals surface area (Å²) < 4.78 is 16.0. The second-order valence-corrected chi connectivity index (χ2v) is 7.20. The number of nitrogens with zero attached hydrogens (tertiary/aromatic N) is 1. The Morgan fingerprint density at radius 1 is 1.07 bits per heavy atom. The van der Waals surface area contributed by atoms with Crippen LogP contribution in [0.5, 0.6) is 17.2 Å². The summed E-state index contributed by atoms with van der Waals surface area (Å²) in [5, 5.41) is 22.9. The number of ether oxygens (including phenoxy) is 3. The van der Waals surface area contributed by atoms with Crippen molar-refractivity contribution in [1.82, 2.24) is 5.32 Å². The molecule has 0 amide bonds. The number of hydrogen-bond acceptors (Lipinski definition) is 6. The summed E-state index contributed by atoms with van der Waals surface area (Å²) in [6.45, 7) is 4.61. The van der Waals surface area contributed by atoms with E-state index in [1.54, 1.807) is 25.3 Å². The summed E-state index contributed by atoms with van der Waals surface area (Å²) in [5.74, 6) is 1.68. The average Bonchev–Trinajstić information content (AvgIpc) is 2.70. The predicted molar refractivity (Wildman–Crippen MR) is 108 cm³/mol. The minimum absolute atomic E-state index is 0.0768. The Balaban J connectivity index is 1.86. The van der Waals surface area contributed by atoms with E-state index in [1.807, 2.05) is 24.3 Å². The molecule has 1 unspecified atom stereocenters. The average molecular weight is 384 g/mol. The topological polar surface area (TPSA) is 83.7 Å². The molecule has 0 aromatic heterocycles. The fourth-order valence-corrected chi connectivity index (χ4v) is 2.87. The molecule has 0 saturated carbocycles. The molecule has 0 saturated heterocycles. The largest absolute Gasteiger partial charge is 0.497 e. The second kappa shape index (κ2) is 9.98. The highest BCUT2D eigenvalue weighted by molar-refractivity contribution is 5.52. The van der Waals surface area contributed by atoms with E-state index in [2.05, 4.69) is 25.2 Å². The number of aliphatic hydroxyl groups is 1. The van der Waals surface area contributed by atoms with Crippen molar-refractivity contribution in [1.29, 1.82) is 5.26 Å². The van der Waals surface area contributed by atoms with Crippen LogP contribution in [0.1, 0.15) is 25.0 Å². The lowest BCUT2D eigenvalue weighted by Gasteiger charge is -2.28. The zero-order chi connectivity index (χ0) is 20.6. The van der Waals surface area contributed by atoms with Gasteiger partial charge in [0, 0.05) is 12.1 Å². The summed E-state index contributed by atoms with van der Waals surface area (Å²) in [6.07, 6.45) is 0.0897. The maximum Gasteiger partial charge on any atom is 0.141 e. The van der Waals surface area contributed by atoms with Gasteiger partial charge >= 0.3 is 0 Å². The van der Waals surface area contributed by atoms with Crippen molar-refractivity contribution in [3.8, 4) is 23.3 Å². The Hall–Kier alpha value is -2.75. The zero-order valence-electron chi connectivity index (χ0n) is 16.9. The number of methoxy groups -OCH3 is 2. The number of β-amino-alcohol motifs (C(OH)–C–C–N with tert-alkyl or cyclic N) is 1. The first-order valence-electron chi connectivity index (χ1n) is 9.14. The first-order chi connectivity index (χ1) is 13.4. The normalized spacial score (nSPS) is 12.1. The first kappa shape index (κ1) is 21.5. The van der Waals surface area contributed by atoms with Crippen molar-refractivity contribution in [3.63, 3.8) is 0 Å². The highest BCUT2D eigenvalue weighted by atomic mass is 16.5. The molecule has 6 nitrogen and oxygen atoms in total. The van der Waals surface area contributed by atoms with Crippen LogP contribution >= 0.6 is 0 Å². The van der Waals surface area contributed by atoms with Crippen LogP contribution in [0.25, 0.3) is 0 Å². The molecular formula is C22H28N2O4. The lowest BCUT2D eigenvalue weighted by Crippen LogP contribution is -2.46. The Labute approximate surface area is 166 Å². The number of benzene rings is 2. The Kier molecular flexibility index (Phi) is 7.68. The molecule has 0 aliphatic rings.